The summed E-state index contributed by atoms with van der Waals surface area (Å²) >= 11 is 0. The van der Waals surface area contributed by atoms with Crippen LogP contribution in [0.3, 0.4) is 0 Å². The summed E-state index contributed by atoms with van der Waals surface area (Å²) in [5.41, 5.74) is 0.678. The molecule has 1 aromatic rings. The van der Waals surface area contributed by atoms with E-state index >= 15 is 0 Å². The van der Waals surface area contributed by atoms with Gasteiger partial charge in [0.2, 0.25) is 10.0 Å². The zero-order valence-electron chi connectivity index (χ0n) is 7.91. The molecule has 1 aromatic carbocycles. The van der Waals surface area contributed by atoms with Gasteiger partial charge in [0.05, 0.1) is 11.8 Å². The molecule has 0 radical (unpaired) electrons. The van der Waals surface area contributed by atoms with Crippen molar-refractivity contribution in [1.82, 2.24) is 0 Å². The zero-order valence-corrected chi connectivity index (χ0v) is 8.73. The molecule has 6 heteroatoms. The number of hydrogen-bond donors (Lipinski definition) is 1. The Hall–Kier alpha value is -1.69. The van der Waals surface area contributed by atoms with Crippen LogP contribution in [0.25, 0.3) is 0 Å². The van der Waals surface area contributed by atoms with Crippen LogP contribution in [-0.4, -0.2) is 32.0 Å². The predicted molar refractivity (Wildman–Crippen MR) is 55.8 cm³/mol. The Labute approximate surface area is 87.1 Å². The van der Waals surface area contributed by atoms with Gasteiger partial charge < -0.3 is 5.11 Å². The summed E-state index contributed by atoms with van der Waals surface area (Å²) in [5, 5.41) is 8.61. The van der Waals surface area contributed by atoms with Crippen LogP contribution < -0.4 is 0 Å². The highest BCUT2D eigenvalue weighted by atomic mass is 32.2. The van der Waals surface area contributed by atoms with Gasteiger partial charge in [0.15, 0.2) is 0 Å². The van der Waals surface area contributed by atoms with E-state index in [4.69, 9.17) is 5.11 Å². The molecule has 0 saturated carbocycles. The van der Waals surface area contributed by atoms with Crippen molar-refractivity contribution in [3.63, 3.8) is 0 Å². The minimum Gasteiger partial charge on any atom is -0.478 e. The molecule has 1 rings (SSSR count). The first-order chi connectivity index (χ1) is 6.88. The lowest BCUT2D eigenvalue weighted by atomic mass is 10.1. The maximum absolute atomic E-state index is 10.7. The van der Waals surface area contributed by atoms with Gasteiger partial charge >= 0.3 is 5.97 Å². The summed E-state index contributed by atoms with van der Waals surface area (Å²) in [7, 11) is -3.40. The quantitative estimate of drug-likeness (QED) is 0.773. The van der Waals surface area contributed by atoms with Crippen LogP contribution in [0.2, 0.25) is 0 Å². The molecule has 0 fully saturated rings. The van der Waals surface area contributed by atoms with Crippen LogP contribution in [0.15, 0.2) is 28.7 Å². The van der Waals surface area contributed by atoms with Crippen molar-refractivity contribution in [2.75, 3.05) is 6.26 Å². The topological polar surface area (TPSA) is 83.8 Å². The molecular weight excluding hydrogens is 218 g/mol. The number of hydrogen-bond acceptors (Lipinski definition) is 3. The average molecular weight is 227 g/mol. The maximum Gasteiger partial charge on any atom is 0.335 e. The van der Waals surface area contributed by atoms with Gasteiger partial charge in [0, 0.05) is 6.21 Å². The lowest BCUT2D eigenvalue weighted by Gasteiger charge is -1.94. The molecule has 80 valence electrons. The molecule has 15 heavy (non-hydrogen) atoms. The molecule has 0 unspecified atom stereocenters. The van der Waals surface area contributed by atoms with Crippen molar-refractivity contribution in [2.45, 2.75) is 0 Å². The van der Waals surface area contributed by atoms with E-state index < -0.39 is 16.0 Å². The first-order valence-corrected chi connectivity index (χ1v) is 5.82. The molecule has 0 bridgehead atoms. The normalized spacial score (nSPS) is 11.8. The Morgan fingerprint density at radius 3 is 2.27 bits per heavy atom. The van der Waals surface area contributed by atoms with Crippen LogP contribution in [0.5, 0.6) is 0 Å². The molecule has 0 aromatic heterocycles. The molecule has 0 atom stereocenters. The summed E-state index contributed by atoms with van der Waals surface area (Å²) in [4.78, 5) is 10.5. The molecule has 0 amide bonds. The third-order valence-electron chi connectivity index (χ3n) is 1.55. The van der Waals surface area contributed by atoms with Crippen LogP contribution in [-0.2, 0) is 10.0 Å². The van der Waals surface area contributed by atoms with E-state index in [0.717, 1.165) is 6.26 Å². The van der Waals surface area contributed by atoms with Crippen LogP contribution in [0.4, 0.5) is 0 Å². The summed E-state index contributed by atoms with van der Waals surface area (Å²) in [6, 6.07) is 5.73. The van der Waals surface area contributed by atoms with E-state index in [1.54, 1.807) is 0 Å². The van der Waals surface area contributed by atoms with E-state index in [1.165, 1.54) is 30.5 Å². The Kier molecular flexibility index (Phi) is 3.21. The number of rotatable bonds is 3. The number of aromatic carboxylic acids is 1. The van der Waals surface area contributed by atoms with Crippen molar-refractivity contribution in [2.24, 2.45) is 4.40 Å². The Balaban J connectivity index is 2.91. The van der Waals surface area contributed by atoms with E-state index in [2.05, 4.69) is 4.40 Å². The van der Waals surface area contributed by atoms with Crippen LogP contribution in [0, 0.1) is 0 Å². The van der Waals surface area contributed by atoms with E-state index in [9.17, 15) is 13.2 Å². The van der Waals surface area contributed by atoms with Crippen molar-refractivity contribution >= 4 is 22.2 Å². The van der Waals surface area contributed by atoms with Gasteiger partial charge in [-0.2, -0.15) is 4.40 Å². The fourth-order valence-electron chi connectivity index (χ4n) is 0.868. The van der Waals surface area contributed by atoms with Gasteiger partial charge in [-0.25, -0.2) is 13.2 Å². The molecular formula is C9H9NO4S. The maximum atomic E-state index is 10.7. The number of carbonyl (C=O) groups is 1. The summed E-state index contributed by atoms with van der Waals surface area (Å²) in [6.45, 7) is 0. The first-order valence-electron chi connectivity index (χ1n) is 3.97. The highest BCUT2D eigenvalue weighted by molar-refractivity contribution is 7.89. The molecule has 1 N–H and O–H groups in total. The van der Waals surface area contributed by atoms with Crippen LogP contribution >= 0.6 is 0 Å². The van der Waals surface area contributed by atoms with Gasteiger partial charge in [-0.1, -0.05) is 12.1 Å². The van der Waals surface area contributed by atoms with E-state index in [-0.39, 0.29) is 5.56 Å². The van der Waals surface area contributed by atoms with Gasteiger partial charge in [-0.05, 0) is 17.7 Å². The highest BCUT2D eigenvalue weighted by Gasteiger charge is 2.00. The molecule has 0 heterocycles. The third kappa shape index (κ3) is 3.90. The van der Waals surface area contributed by atoms with Crippen LogP contribution in [0.1, 0.15) is 15.9 Å². The molecule has 0 spiro atoms. The zero-order chi connectivity index (χ0) is 11.5. The lowest BCUT2D eigenvalue weighted by molar-refractivity contribution is 0.0697. The number of sulfonamides is 1. The van der Waals surface area contributed by atoms with E-state index in [1.807, 2.05) is 0 Å². The minimum absolute atomic E-state index is 0.145. The number of carboxylic acids is 1. The lowest BCUT2D eigenvalue weighted by Crippen LogP contribution is -1.96. The van der Waals surface area contributed by atoms with Gasteiger partial charge in [0.1, 0.15) is 0 Å². The third-order valence-corrected chi connectivity index (χ3v) is 2.04. The second-order valence-electron chi connectivity index (χ2n) is 2.89. The van der Waals surface area contributed by atoms with Crippen molar-refractivity contribution < 1.29 is 18.3 Å². The standard InChI is InChI=1S/C9H9NO4S/c1-15(13,14)10-6-7-2-4-8(5-3-7)9(11)12/h2-6H,1H3,(H,11,12)/b10-6+. The largest absolute Gasteiger partial charge is 0.478 e. The minimum atomic E-state index is -3.40. The summed E-state index contributed by atoms with van der Waals surface area (Å²) in [5.74, 6) is -1.03. The van der Waals surface area contributed by atoms with Crippen molar-refractivity contribution in [1.29, 1.82) is 0 Å². The average Bonchev–Trinajstić information content (AvgIpc) is 2.14. The molecule has 0 aliphatic carbocycles. The van der Waals surface area contributed by atoms with Crippen molar-refractivity contribution in [3.8, 4) is 0 Å². The Morgan fingerprint density at radius 1 is 1.33 bits per heavy atom. The van der Waals surface area contributed by atoms with Gasteiger partial charge in [-0.15, -0.1) is 0 Å². The SMILES string of the molecule is CS(=O)(=O)/N=C/c1ccc(C(=O)O)cc1. The van der Waals surface area contributed by atoms with Crippen molar-refractivity contribution in [3.05, 3.63) is 35.4 Å². The summed E-state index contributed by atoms with van der Waals surface area (Å²) < 4.78 is 24.7. The second kappa shape index (κ2) is 4.22. The monoisotopic (exact) mass is 227 g/mol. The fraction of sp³-hybridized carbons (Fsp3) is 0.111. The number of carboxylic acid groups (broad SMARTS) is 1. The Bertz CT molecular complexity index is 487. The summed E-state index contributed by atoms with van der Waals surface area (Å²) in [6.07, 6.45) is 2.15. The van der Waals surface area contributed by atoms with Gasteiger partial charge in [0.25, 0.3) is 0 Å². The molecule has 0 aliphatic heterocycles. The molecule has 0 saturated heterocycles. The molecule has 5 nitrogen and oxygen atoms in total. The first kappa shape index (κ1) is 11.4. The van der Waals surface area contributed by atoms with E-state index in [0.29, 0.717) is 5.56 Å². The smallest absolute Gasteiger partial charge is 0.335 e. The second-order valence-corrected chi connectivity index (χ2v) is 4.57. The highest BCUT2D eigenvalue weighted by Crippen LogP contribution is 2.02. The fourth-order valence-corrected chi connectivity index (χ4v) is 1.18. The Morgan fingerprint density at radius 2 is 1.87 bits per heavy atom. The number of nitrogens with zero attached hydrogens (tertiary/aromatic N) is 1. The van der Waals surface area contributed by atoms with Gasteiger partial charge in [-0.3, -0.25) is 0 Å². The molecule has 0 aliphatic rings. The number of benzene rings is 1. The predicted octanol–water partition coefficient (Wildman–Crippen LogP) is 0.763.